The molecule has 0 unspecified atom stereocenters. The van der Waals surface area contributed by atoms with E-state index in [0.717, 1.165) is 48.9 Å². The largest absolute Gasteiger partial charge is 0.464 e. The summed E-state index contributed by atoms with van der Waals surface area (Å²) in [7, 11) is 0. The zero-order valence-electron chi connectivity index (χ0n) is 13.8. The number of aromatic nitrogens is 2. The molecule has 3 heterocycles. The number of nitrogens with zero attached hydrogens (tertiary/aromatic N) is 2. The molecule has 0 spiro atoms. The molecular weight excluding hydrogens is 352 g/mol. The van der Waals surface area contributed by atoms with Gasteiger partial charge in [0, 0.05) is 22.2 Å². The van der Waals surface area contributed by atoms with E-state index in [1.165, 1.54) is 0 Å². The van der Waals surface area contributed by atoms with E-state index in [1.54, 1.807) is 28.9 Å². The normalized spacial score (nSPS) is 11.0. The summed E-state index contributed by atoms with van der Waals surface area (Å²) in [5, 5.41) is 11.3. The molecule has 0 fully saturated rings. The van der Waals surface area contributed by atoms with Crippen LogP contribution in [0.25, 0.3) is 21.5 Å². The fourth-order valence-electron chi connectivity index (χ4n) is 2.47. The van der Waals surface area contributed by atoms with Gasteiger partial charge in [-0.15, -0.1) is 11.3 Å². The van der Waals surface area contributed by atoms with E-state index in [2.05, 4.69) is 22.2 Å². The van der Waals surface area contributed by atoms with Crippen molar-refractivity contribution < 1.29 is 4.42 Å². The summed E-state index contributed by atoms with van der Waals surface area (Å²) in [6.45, 7) is 7.77. The molecule has 0 saturated carbocycles. The van der Waals surface area contributed by atoms with Crippen LogP contribution < -0.4 is 10.6 Å². The van der Waals surface area contributed by atoms with Gasteiger partial charge in [0.25, 0.3) is 0 Å². The van der Waals surface area contributed by atoms with Gasteiger partial charge in [-0.3, -0.25) is 0 Å². The average Bonchev–Trinajstić information content (AvgIpc) is 3.26. The Labute approximate surface area is 153 Å². The molecule has 5 nitrogen and oxygen atoms in total. The number of allylic oxidation sites excluding steroid dienone is 1. The lowest BCUT2D eigenvalue weighted by Crippen LogP contribution is -1.91. The quantitative estimate of drug-likeness (QED) is 0.451. The van der Waals surface area contributed by atoms with Crippen LogP contribution in [0.15, 0.2) is 52.6 Å². The highest BCUT2D eigenvalue weighted by Gasteiger charge is 2.13. The Hall–Kier alpha value is -2.64. The molecule has 0 aliphatic rings. The summed E-state index contributed by atoms with van der Waals surface area (Å²) in [5.41, 5.74) is 4.63. The van der Waals surface area contributed by atoms with Crippen molar-refractivity contribution in [1.29, 1.82) is 0 Å². The van der Waals surface area contributed by atoms with Gasteiger partial charge >= 0.3 is 0 Å². The fraction of sp³-hybridized carbons (Fsp3) is 0.111. The second-order valence-corrected chi connectivity index (χ2v) is 7.53. The van der Waals surface area contributed by atoms with Gasteiger partial charge < -0.3 is 15.1 Å². The Morgan fingerprint density at radius 2 is 2.08 bits per heavy atom. The maximum absolute atomic E-state index is 5.37. The van der Waals surface area contributed by atoms with E-state index in [0.29, 0.717) is 0 Å². The van der Waals surface area contributed by atoms with Crippen molar-refractivity contribution in [2.45, 2.75) is 13.8 Å². The lowest BCUT2D eigenvalue weighted by Gasteiger charge is -2.01. The summed E-state index contributed by atoms with van der Waals surface area (Å²) < 4.78 is 5.37. The van der Waals surface area contributed by atoms with Crippen molar-refractivity contribution in [3.63, 3.8) is 0 Å². The first-order valence-corrected chi connectivity index (χ1v) is 9.38. The van der Waals surface area contributed by atoms with Crippen LogP contribution in [0.5, 0.6) is 0 Å². The van der Waals surface area contributed by atoms with Crippen molar-refractivity contribution >= 4 is 49.6 Å². The molecule has 126 valence electrons. The van der Waals surface area contributed by atoms with Crippen LogP contribution in [0.4, 0.5) is 16.0 Å². The topological polar surface area (TPSA) is 63.0 Å². The van der Waals surface area contributed by atoms with E-state index in [-0.39, 0.29) is 0 Å². The van der Waals surface area contributed by atoms with Gasteiger partial charge in [-0.25, -0.2) is 9.97 Å². The first kappa shape index (κ1) is 15.9. The second-order valence-electron chi connectivity index (χ2n) is 5.67. The van der Waals surface area contributed by atoms with Gasteiger partial charge in [-0.1, -0.05) is 17.9 Å². The second kappa shape index (κ2) is 6.34. The maximum Gasteiger partial charge on any atom is 0.187 e. The Kier molecular flexibility index (Phi) is 4.03. The van der Waals surface area contributed by atoms with Gasteiger partial charge in [0.1, 0.15) is 5.58 Å². The van der Waals surface area contributed by atoms with E-state index in [4.69, 9.17) is 9.40 Å². The van der Waals surface area contributed by atoms with Crippen LogP contribution >= 0.6 is 22.7 Å². The van der Waals surface area contributed by atoms with E-state index >= 15 is 0 Å². The number of benzene rings is 1. The number of rotatable bonds is 5. The molecule has 1 aromatic carbocycles. The molecule has 25 heavy (non-hydrogen) atoms. The standard InChI is InChI=1S/C18H16N4OS2/c1-10(2)19-18-20-11(3)16(25-18)14-9-24-17(22-14)21-13-4-5-15-12(8-13)6-7-23-15/h4-9H,1H2,2-3H3,(H,19,20)(H,21,22). The van der Waals surface area contributed by atoms with E-state index in [9.17, 15) is 0 Å². The fourth-order valence-corrected chi connectivity index (χ4v) is 4.27. The lowest BCUT2D eigenvalue weighted by atomic mass is 10.2. The number of hydrogen-bond donors (Lipinski definition) is 2. The van der Waals surface area contributed by atoms with Gasteiger partial charge in [0.15, 0.2) is 10.3 Å². The van der Waals surface area contributed by atoms with Crippen molar-refractivity contribution in [3.05, 3.63) is 53.9 Å². The molecule has 0 amide bonds. The highest BCUT2D eigenvalue weighted by atomic mass is 32.1. The van der Waals surface area contributed by atoms with Gasteiger partial charge in [-0.05, 0) is 38.1 Å². The molecule has 0 aliphatic carbocycles. The van der Waals surface area contributed by atoms with Crippen molar-refractivity contribution in [2.75, 3.05) is 10.6 Å². The molecule has 0 radical (unpaired) electrons. The maximum atomic E-state index is 5.37. The molecule has 4 rings (SSSR count). The number of hydrogen-bond acceptors (Lipinski definition) is 7. The third kappa shape index (κ3) is 3.29. The van der Waals surface area contributed by atoms with Crippen LogP contribution in [-0.2, 0) is 0 Å². The first-order chi connectivity index (χ1) is 12.1. The summed E-state index contributed by atoms with van der Waals surface area (Å²) in [6.07, 6.45) is 1.69. The highest BCUT2D eigenvalue weighted by Crippen LogP contribution is 2.35. The third-order valence-corrected chi connectivity index (χ3v) is 5.41. The molecule has 7 heteroatoms. The lowest BCUT2D eigenvalue weighted by molar-refractivity contribution is 0.616. The predicted molar refractivity (Wildman–Crippen MR) is 106 cm³/mol. The number of nitrogens with one attached hydrogen (secondary N) is 2. The SMILES string of the molecule is C=C(C)Nc1nc(C)c(-c2csc(Nc3ccc4occc4c3)n2)s1. The zero-order valence-corrected chi connectivity index (χ0v) is 15.4. The summed E-state index contributed by atoms with van der Waals surface area (Å²) in [5.74, 6) is 0. The molecular formula is C18H16N4OS2. The minimum Gasteiger partial charge on any atom is -0.464 e. The number of anilines is 3. The van der Waals surface area contributed by atoms with Crippen LogP contribution in [-0.4, -0.2) is 9.97 Å². The van der Waals surface area contributed by atoms with Crippen LogP contribution in [0.3, 0.4) is 0 Å². The molecule has 0 atom stereocenters. The third-order valence-electron chi connectivity index (χ3n) is 3.56. The average molecular weight is 368 g/mol. The highest BCUT2D eigenvalue weighted by molar-refractivity contribution is 7.19. The Morgan fingerprint density at radius 3 is 2.92 bits per heavy atom. The first-order valence-electron chi connectivity index (χ1n) is 7.68. The van der Waals surface area contributed by atoms with E-state index < -0.39 is 0 Å². The monoisotopic (exact) mass is 368 g/mol. The zero-order chi connectivity index (χ0) is 17.4. The summed E-state index contributed by atoms with van der Waals surface area (Å²) in [4.78, 5) is 10.3. The van der Waals surface area contributed by atoms with Gasteiger partial charge in [0.05, 0.1) is 22.5 Å². The van der Waals surface area contributed by atoms with E-state index in [1.807, 2.05) is 43.5 Å². The van der Waals surface area contributed by atoms with Gasteiger partial charge in [-0.2, -0.15) is 0 Å². The molecule has 0 saturated heterocycles. The summed E-state index contributed by atoms with van der Waals surface area (Å²) in [6, 6.07) is 7.94. The summed E-state index contributed by atoms with van der Waals surface area (Å²) >= 11 is 3.16. The minimum atomic E-state index is 0.841. The molecule has 0 bridgehead atoms. The molecule has 3 aromatic heterocycles. The number of aryl methyl sites for hydroxylation is 1. The Morgan fingerprint density at radius 1 is 1.20 bits per heavy atom. The number of thiazole rings is 2. The minimum absolute atomic E-state index is 0.841. The molecule has 4 aromatic rings. The predicted octanol–water partition coefficient (Wildman–Crippen LogP) is 6.01. The molecule has 2 N–H and O–H groups in total. The number of fused-ring (bicyclic) bond motifs is 1. The Balaban J connectivity index is 1.57. The van der Waals surface area contributed by atoms with Crippen molar-refractivity contribution in [3.8, 4) is 10.6 Å². The Bertz CT molecular complexity index is 1060. The smallest absolute Gasteiger partial charge is 0.187 e. The van der Waals surface area contributed by atoms with Gasteiger partial charge in [0.2, 0.25) is 0 Å². The van der Waals surface area contributed by atoms with Crippen LogP contribution in [0.2, 0.25) is 0 Å². The van der Waals surface area contributed by atoms with Crippen molar-refractivity contribution in [2.24, 2.45) is 0 Å². The van der Waals surface area contributed by atoms with Crippen LogP contribution in [0, 0.1) is 6.92 Å². The molecule has 0 aliphatic heterocycles. The van der Waals surface area contributed by atoms with Crippen LogP contribution in [0.1, 0.15) is 12.6 Å². The van der Waals surface area contributed by atoms with Crippen molar-refractivity contribution in [1.82, 2.24) is 9.97 Å². The number of furan rings is 1.